The fraction of sp³-hybridized carbons (Fsp3) is 0.300. The van der Waals surface area contributed by atoms with Crippen molar-refractivity contribution in [1.82, 2.24) is 4.90 Å². The molecule has 1 aliphatic rings. The summed E-state index contributed by atoms with van der Waals surface area (Å²) < 4.78 is 0. The maximum atomic E-state index is 9.70. The first-order valence-electron chi connectivity index (χ1n) is 8.34. The largest absolute Gasteiger partial charge is 0.506 e. The average Bonchev–Trinajstić information content (AvgIpc) is 3.07. The molecule has 1 atom stereocenters. The molecule has 0 bridgehead atoms. The molecule has 1 unspecified atom stereocenters. The molecule has 3 rings (SSSR count). The number of anilines is 1. The Labute approximate surface area is 148 Å². The number of nitrogens with two attached hydrogens (primary N) is 1. The molecular formula is C20H23ClN2O. The molecule has 0 amide bonds. The molecule has 24 heavy (non-hydrogen) atoms. The van der Waals surface area contributed by atoms with E-state index in [-0.39, 0.29) is 5.75 Å². The second-order valence-corrected chi connectivity index (χ2v) is 6.69. The van der Waals surface area contributed by atoms with Gasteiger partial charge < -0.3 is 15.7 Å². The number of nitrogens with zero attached hydrogens (tertiary/aromatic N) is 1. The highest BCUT2D eigenvalue weighted by Gasteiger charge is 2.28. The average molecular weight is 343 g/mol. The summed E-state index contributed by atoms with van der Waals surface area (Å²) in [7, 11) is 0. The Morgan fingerprint density at radius 3 is 2.71 bits per heavy atom. The van der Waals surface area contributed by atoms with Crippen LogP contribution in [0.3, 0.4) is 0 Å². The minimum atomic E-state index is -0.00107. The molecule has 4 heteroatoms. The Balaban J connectivity index is 1.89. The summed E-state index contributed by atoms with van der Waals surface area (Å²) in [6, 6.07) is 12.3. The summed E-state index contributed by atoms with van der Waals surface area (Å²) in [6.07, 6.45) is 3.26. The number of benzene rings is 2. The van der Waals surface area contributed by atoms with Crippen LogP contribution in [0.2, 0.25) is 5.02 Å². The molecule has 2 aromatic rings. The first kappa shape index (κ1) is 16.7. The molecular weight excluding hydrogens is 320 g/mol. The smallest absolute Gasteiger partial charge is 0.136 e. The van der Waals surface area contributed by atoms with E-state index in [0.29, 0.717) is 16.8 Å². The number of hydrogen-bond acceptors (Lipinski definition) is 3. The van der Waals surface area contributed by atoms with Gasteiger partial charge in [-0.2, -0.15) is 0 Å². The first-order chi connectivity index (χ1) is 11.5. The lowest BCUT2D eigenvalue weighted by atomic mass is 10.0. The topological polar surface area (TPSA) is 49.5 Å². The zero-order valence-electron chi connectivity index (χ0n) is 13.9. The summed E-state index contributed by atoms with van der Waals surface area (Å²) >= 11 is 6.06. The van der Waals surface area contributed by atoms with E-state index in [1.165, 1.54) is 17.2 Å². The Hall–Kier alpha value is -2.13. The maximum absolute atomic E-state index is 9.70. The predicted octanol–water partition coefficient (Wildman–Crippen LogP) is 5.00. The summed E-state index contributed by atoms with van der Waals surface area (Å²) in [4.78, 5) is 2.29. The zero-order valence-corrected chi connectivity index (χ0v) is 14.7. The third-order valence-corrected chi connectivity index (χ3v) is 5.10. The van der Waals surface area contributed by atoms with Gasteiger partial charge in [0.05, 0.1) is 11.1 Å². The van der Waals surface area contributed by atoms with Crippen LogP contribution in [0.1, 0.15) is 42.5 Å². The van der Waals surface area contributed by atoms with Crippen molar-refractivity contribution >= 4 is 23.0 Å². The third-order valence-electron chi connectivity index (χ3n) is 4.80. The minimum Gasteiger partial charge on any atom is -0.506 e. The highest BCUT2D eigenvalue weighted by atomic mass is 35.5. The number of hydrogen-bond donors (Lipinski definition) is 2. The van der Waals surface area contributed by atoms with E-state index < -0.39 is 0 Å². The van der Waals surface area contributed by atoms with E-state index in [1.807, 2.05) is 0 Å². The van der Waals surface area contributed by atoms with Crippen LogP contribution in [0.15, 0.2) is 43.0 Å². The molecule has 126 valence electrons. The van der Waals surface area contributed by atoms with Gasteiger partial charge in [-0.05, 0) is 36.5 Å². The van der Waals surface area contributed by atoms with E-state index >= 15 is 0 Å². The van der Waals surface area contributed by atoms with Crippen molar-refractivity contribution in [2.75, 3.05) is 12.3 Å². The van der Waals surface area contributed by atoms with Crippen molar-refractivity contribution in [3.8, 4) is 5.75 Å². The van der Waals surface area contributed by atoms with Gasteiger partial charge in [0, 0.05) is 29.6 Å². The van der Waals surface area contributed by atoms with E-state index in [9.17, 15) is 5.11 Å². The van der Waals surface area contributed by atoms with E-state index in [0.717, 1.165) is 37.1 Å². The Kier molecular flexibility index (Phi) is 4.72. The molecule has 1 saturated heterocycles. The number of likely N-dealkylation sites (tertiary alicyclic amines) is 1. The van der Waals surface area contributed by atoms with Crippen molar-refractivity contribution in [1.29, 1.82) is 0 Å². The summed E-state index contributed by atoms with van der Waals surface area (Å²) in [5.41, 5.74) is 10.9. The lowest BCUT2D eigenvalue weighted by Crippen LogP contribution is -2.21. The Bertz CT molecular complexity index is 755. The number of halogens is 1. The second-order valence-electron chi connectivity index (χ2n) is 6.28. The molecule has 0 spiro atoms. The number of aryl methyl sites for hydroxylation is 1. The zero-order chi connectivity index (χ0) is 17.3. The minimum absolute atomic E-state index is 0.00107. The molecule has 2 aromatic carbocycles. The monoisotopic (exact) mass is 342 g/mol. The predicted molar refractivity (Wildman–Crippen MR) is 101 cm³/mol. The van der Waals surface area contributed by atoms with Gasteiger partial charge in [-0.25, -0.2) is 0 Å². The van der Waals surface area contributed by atoms with Crippen LogP contribution >= 0.6 is 11.6 Å². The van der Waals surface area contributed by atoms with E-state index in [4.69, 9.17) is 17.3 Å². The van der Waals surface area contributed by atoms with Crippen LogP contribution < -0.4 is 5.73 Å². The highest BCUT2D eigenvalue weighted by molar-refractivity contribution is 6.32. The maximum Gasteiger partial charge on any atom is 0.136 e. The summed E-state index contributed by atoms with van der Waals surface area (Å²) in [6.45, 7) is 7.36. The molecule has 3 N–H and O–H groups in total. The van der Waals surface area contributed by atoms with Crippen molar-refractivity contribution < 1.29 is 5.11 Å². The van der Waals surface area contributed by atoms with E-state index in [2.05, 4.69) is 42.7 Å². The van der Waals surface area contributed by atoms with Crippen molar-refractivity contribution in [3.63, 3.8) is 0 Å². The Morgan fingerprint density at radius 2 is 2.04 bits per heavy atom. The number of rotatable bonds is 4. The molecule has 0 aliphatic carbocycles. The van der Waals surface area contributed by atoms with Crippen LogP contribution in [0.25, 0.3) is 5.70 Å². The van der Waals surface area contributed by atoms with Crippen LogP contribution in [-0.4, -0.2) is 16.6 Å². The normalized spacial score (nSPS) is 17.2. The van der Waals surface area contributed by atoms with Crippen LogP contribution in [0, 0.1) is 0 Å². The second kappa shape index (κ2) is 6.78. The van der Waals surface area contributed by atoms with Crippen molar-refractivity contribution in [3.05, 3.63) is 64.7 Å². The lowest BCUT2D eigenvalue weighted by Gasteiger charge is -2.30. The van der Waals surface area contributed by atoms with Gasteiger partial charge in [0.15, 0.2) is 0 Å². The highest BCUT2D eigenvalue weighted by Crippen LogP contribution is 2.40. The lowest BCUT2D eigenvalue weighted by molar-refractivity contribution is 0.380. The summed E-state index contributed by atoms with van der Waals surface area (Å²) in [5, 5.41) is 9.99. The molecule has 1 heterocycles. The van der Waals surface area contributed by atoms with Gasteiger partial charge in [0.1, 0.15) is 5.75 Å². The third kappa shape index (κ3) is 3.09. The van der Waals surface area contributed by atoms with Crippen LogP contribution in [0.5, 0.6) is 5.75 Å². The number of phenols is 1. The fourth-order valence-electron chi connectivity index (χ4n) is 3.39. The molecule has 1 aliphatic heterocycles. The quantitative estimate of drug-likeness (QED) is 0.769. The standard InChI is InChI=1S/C20H23ClN2O/c1-3-14-6-8-15(9-7-14)19-5-4-10-23(19)13(2)16-11-17(21)20(24)12-18(16)22/h6-9,11-12,19,24H,2-5,10,22H2,1H3. The SMILES string of the molecule is C=C(c1cc(Cl)c(O)cc1N)N1CCCC1c1ccc(CC)cc1. The van der Waals surface area contributed by atoms with Crippen LogP contribution in [0.4, 0.5) is 5.69 Å². The molecule has 1 fully saturated rings. The number of phenolic OH excluding ortho intramolecular Hbond substituents is 1. The van der Waals surface area contributed by atoms with Crippen molar-refractivity contribution in [2.45, 2.75) is 32.2 Å². The van der Waals surface area contributed by atoms with Gasteiger partial charge in [-0.3, -0.25) is 0 Å². The summed E-state index contributed by atoms with van der Waals surface area (Å²) in [5.74, 6) is -0.00107. The number of aromatic hydroxyl groups is 1. The molecule has 3 nitrogen and oxygen atoms in total. The van der Waals surface area contributed by atoms with Gasteiger partial charge in [0.2, 0.25) is 0 Å². The van der Waals surface area contributed by atoms with Crippen molar-refractivity contribution in [2.24, 2.45) is 0 Å². The molecule has 0 aromatic heterocycles. The van der Waals surface area contributed by atoms with Gasteiger partial charge in [0.25, 0.3) is 0 Å². The Morgan fingerprint density at radius 1 is 1.33 bits per heavy atom. The number of nitrogen functional groups attached to an aromatic ring is 1. The molecule has 0 radical (unpaired) electrons. The van der Waals surface area contributed by atoms with Gasteiger partial charge in [-0.1, -0.05) is 49.4 Å². The van der Waals surface area contributed by atoms with Gasteiger partial charge in [-0.15, -0.1) is 0 Å². The molecule has 0 saturated carbocycles. The van der Waals surface area contributed by atoms with Gasteiger partial charge >= 0.3 is 0 Å². The van der Waals surface area contributed by atoms with Crippen LogP contribution in [-0.2, 0) is 6.42 Å². The fourth-order valence-corrected chi connectivity index (χ4v) is 3.56. The van der Waals surface area contributed by atoms with E-state index in [1.54, 1.807) is 6.07 Å². The first-order valence-corrected chi connectivity index (χ1v) is 8.71.